The molecule has 0 saturated heterocycles. The van der Waals surface area contributed by atoms with E-state index >= 15 is 0 Å². The standard InChI is InChI=1S/C16H17ClN2O/c17-12-6-4-11(5-7-12)16-14-10-19(13-2-1-3-13)9-8-15(14)20-18-16/h4-7,13H,1-3,8-10H2. The minimum Gasteiger partial charge on any atom is -0.360 e. The molecule has 3 nitrogen and oxygen atoms in total. The Balaban J connectivity index is 1.66. The second-order valence-electron chi connectivity index (χ2n) is 5.75. The van der Waals surface area contributed by atoms with Crippen molar-refractivity contribution in [2.75, 3.05) is 6.54 Å². The molecule has 4 rings (SSSR count). The molecule has 4 heteroatoms. The predicted molar refractivity (Wildman–Crippen MR) is 78.7 cm³/mol. The molecule has 2 heterocycles. The van der Waals surface area contributed by atoms with Gasteiger partial charge in [-0.05, 0) is 25.0 Å². The molecule has 0 unspecified atom stereocenters. The van der Waals surface area contributed by atoms with Gasteiger partial charge in [-0.2, -0.15) is 0 Å². The summed E-state index contributed by atoms with van der Waals surface area (Å²) < 4.78 is 5.54. The molecule has 1 aromatic heterocycles. The highest BCUT2D eigenvalue weighted by Crippen LogP contribution is 2.34. The van der Waals surface area contributed by atoms with Crippen molar-refractivity contribution in [2.45, 2.75) is 38.3 Å². The average Bonchev–Trinajstić information content (AvgIpc) is 2.81. The van der Waals surface area contributed by atoms with Crippen LogP contribution in [0.2, 0.25) is 5.02 Å². The summed E-state index contributed by atoms with van der Waals surface area (Å²) >= 11 is 5.96. The lowest BCUT2D eigenvalue weighted by Crippen LogP contribution is -2.42. The summed E-state index contributed by atoms with van der Waals surface area (Å²) in [5.74, 6) is 1.06. The predicted octanol–water partition coefficient (Wildman–Crippen LogP) is 3.91. The highest BCUT2D eigenvalue weighted by molar-refractivity contribution is 6.30. The zero-order chi connectivity index (χ0) is 13.5. The van der Waals surface area contributed by atoms with Gasteiger partial charge in [-0.1, -0.05) is 35.3 Å². The monoisotopic (exact) mass is 288 g/mol. The highest BCUT2D eigenvalue weighted by atomic mass is 35.5. The van der Waals surface area contributed by atoms with Crippen molar-refractivity contribution in [1.82, 2.24) is 10.1 Å². The Hall–Kier alpha value is -1.32. The summed E-state index contributed by atoms with van der Waals surface area (Å²) in [6.07, 6.45) is 5.04. The molecule has 0 N–H and O–H groups in total. The second kappa shape index (κ2) is 4.90. The van der Waals surface area contributed by atoms with E-state index in [1.807, 2.05) is 24.3 Å². The number of hydrogen-bond donors (Lipinski definition) is 0. The third-order valence-corrected chi connectivity index (χ3v) is 4.82. The van der Waals surface area contributed by atoms with Crippen LogP contribution >= 0.6 is 11.6 Å². The zero-order valence-corrected chi connectivity index (χ0v) is 12.1. The van der Waals surface area contributed by atoms with Gasteiger partial charge in [-0.15, -0.1) is 0 Å². The molecule has 1 saturated carbocycles. The first-order valence-corrected chi connectivity index (χ1v) is 7.66. The molecule has 1 aliphatic heterocycles. The van der Waals surface area contributed by atoms with E-state index in [2.05, 4.69) is 10.1 Å². The summed E-state index contributed by atoms with van der Waals surface area (Å²) in [4.78, 5) is 2.59. The molecular weight excluding hydrogens is 272 g/mol. The van der Waals surface area contributed by atoms with Gasteiger partial charge in [0.2, 0.25) is 0 Å². The van der Waals surface area contributed by atoms with Gasteiger partial charge in [-0.3, -0.25) is 4.90 Å². The van der Waals surface area contributed by atoms with Crippen molar-refractivity contribution in [3.8, 4) is 11.3 Å². The first-order chi connectivity index (χ1) is 9.81. The lowest BCUT2D eigenvalue weighted by atomic mass is 9.89. The lowest BCUT2D eigenvalue weighted by Gasteiger charge is -2.39. The number of halogens is 1. The Bertz CT molecular complexity index is 616. The van der Waals surface area contributed by atoms with Crippen LogP contribution < -0.4 is 0 Å². The fraction of sp³-hybridized carbons (Fsp3) is 0.438. The molecule has 1 fully saturated rings. The Kier molecular flexibility index (Phi) is 3.04. The van der Waals surface area contributed by atoms with Crippen LogP contribution in [0.1, 0.15) is 30.6 Å². The van der Waals surface area contributed by atoms with E-state index in [0.717, 1.165) is 47.6 Å². The van der Waals surface area contributed by atoms with E-state index < -0.39 is 0 Å². The Labute approximate surface area is 123 Å². The van der Waals surface area contributed by atoms with Crippen LogP contribution in [0.5, 0.6) is 0 Å². The van der Waals surface area contributed by atoms with Crippen LogP contribution in [-0.4, -0.2) is 22.6 Å². The number of fused-ring (bicyclic) bond motifs is 1. The van der Waals surface area contributed by atoms with Crippen molar-refractivity contribution in [1.29, 1.82) is 0 Å². The second-order valence-corrected chi connectivity index (χ2v) is 6.18. The van der Waals surface area contributed by atoms with Gasteiger partial charge in [0.25, 0.3) is 0 Å². The number of hydrogen-bond acceptors (Lipinski definition) is 3. The SMILES string of the molecule is Clc1ccc(-c2noc3c2CN(C2CCC2)CC3)cc1. The first-order valence-electron chi connectivity index (χ1n) is 7.28. The number of aromatic nitrogens is 1. The van der Waals surface area contributed by atoms with Gasteiger partial charge in [0, 0.05) is 41.7 Å². The Morgan fingerprint density at radius 3 is 2.70 bits per heavy atom. The van der Waals surface area contributed by atoms with E-state index in [1.165, 1.54) is 24.8 Å². The van der Waals surface area contributed by atoms with Crippen molar-refractivity contribution >= 4 is 11.6 Å². The summed E-state index contributed by atoms with van der Waals surface area (Å²) in [7, 11) is 0. The maximum absolute atomic E-state index is 5.96. The van der Waals surface area contributed by atoms with Crippen LogP contribution in [0.4, 0.5) is 0 Å². The van der Waals surface area contributed by atoms with Crippen LogP contribution in [0.3, 0.4) is 0 Å². The molecule has 0 atom stereocenters. The fourth-order valence-corrected chi connectivity index (χ4v) is 3.25. The molecule has 0 amide bonds. The average molecular weight is 289 g/mol. The maximum Gasteiger partial charge on any atom is 0.143 e. The van der Waals surface area contributed by atoms with E-state index in [0.29, 0.717) is 0 Å². The third kappa shape index (κ3) is 2.05. The molecule has 1 aliphatic carbocycles. The molecule has 0 bridgehead atoms. The van der Waals surface area contributed by atoms with Crippen LogP contribution in [0.25, 0.3) is 11.3 Å². The number of rotatable bonds is 2. The van der Waals surface area contributed by atoms with E-state index in [-0.39, 0.29) is 0 Å². The van der Waals surface area contributed by atoms with Gasteiger partial charge < -0.3 is 4.52 Å². The molecule has 0 radical (unpaired) electrons. The van der Waals surface area contributed by atoms with Crippen LogP contribution in [0.15, 0.2) is 28.8 Å². The number of benzene rings is 1. The Morgan fingerprint density at radius 1 is 1.20 bits per heavy atom. The first kappa shape index (κ1) is 12.4. The molecule has 2 aromatic rings. The van der Waals surface area contributed by atoms with Gasteiger partial charge >= 0.3 is 0 Å². The highest BCUT2D eigenvalue weighted by Gasteiger charge is 2.31. The molecule has 20 heavy (non-hydrogen) atoms. The summed E-state index contributed by atoms with van der Waals surface area (Å²) in [6.45, 7) is 2.08. The molecule has 104 valence electrons. The van der Waals surface area contributed by atoms with Crippen molar-refractivity contribution in [2.24, 2.45) is 0 Å². The largest absolute Gasteiger partial charge is 0.360 e. The van der Waals surface area contributed by atoms with Crippen molar-refractivity contribution in [3.05, 3.63) is 40.6 Å². The minimum absolute atomic E-state index is 0.752. The summed E-state index contributed by atoms with van der Waals surface area (Å²) in [5, 5.41) is 5.04. The minimum atomic E-state index is 0.752. The molecule has 0 spiro atoms. The quantitative estimate of drug-likeness (QED) is 0.839. The molecule has 2 aliphatic rings. The number of nitrogens with zero attached hydrogens (tertiary/aromatic N) is 2. The molecule has 1 aromatic carbocycles. The smallest absolute Gasteiger partial charge is 0.143 e. The zero-order valence-electron chi connectivity index (χ0n) is 11.3. The van der Waals surface area contributed by atoms with Gasteiger partial charge in [0.1, 0.15) is 11.5 Å². The summed E-state index contributed by atoms with van der Waals surface area (Å²) in [6, 6.07) is 8.62. The van der Waals surface area contributed by atoms with Crippen molar-refractivity contribution in [3.63, 3.8) is 0 Å². The van der Waals surface area contributed by atoms with E-state index in [4.69, 9.17) is 16.1 Å². The topological polar surface area (TPSA) is 29.3 Å². The van der Waals surface area contributed by atoms with Crippen LogP contribution in [-0.2, 0) is 13.0 Å². The third-order valence-electron chi connectivity index (χ3n) is 4.57. The van der Waals surface area contributed by atoms with E-state index in [9.17, 15) is 0 Å². The van der Waals surface area contributed by atoms with Crippen molar-refractivity contribution < 1.29 is 4.52 Å². The lowest BCUT2D eigenvalue weighted by molar-refractivity contribution is 0.109. The normalized spacial score (nSPS) is 19.6. The summed E-state index contributed by atoms with van der Waals surface area (Å²) in [5.41, 5.74) is 3.35. The molecular formula is C16H17ClN2O. The van der Waals surface area contributed by atoms with Gasteiger partial charge in [-0.25, -0.2) is 0 Å². The van der Waals surface area contributed by atoms with Crippen LogP contribution in [0, 0.1) is 0 Å². The van der Waals surface area contributed by atoms with E-state index in [1.54, 1.807) is 0 Å². The van der Waals surface area contributed by atoms with Gasteiger partial charge in [0.05, 0.1) is 0 Å². The fourth-order valence-electron chi connectivity index (χ4n) is 3.13. The maximum atomic E-state index is 5.96. The Morgan fingerprint density at radius 2 is 2.00 bits per heavy atom. The van der Waals surface area contributed by atoms with Gasteiger partial charge in [0.15, 0.2) is 0 Å².